The maximum atomic E-state index is 6.13. The Morgan fingerprint density at radius 3 is 2.05 bits per heavy atom. The van der Waals surface area contributed by atoms with Gasteiger partial charge in [0.2, 0.25) is 17.2 Å². The predicted octanol–water partition coefficient (Wildman–Crippen LogP) is 1.66. The smallest absolute Gasteiger partial charge is 0.231 e. The fourth-order valence-corrected chi connectivity index (χ4v) is 3.10. The van der Waals surface area contributed by atoms with Gasteiger partial charge in [0.05, 0.1) is 0 Å². The van der Waals surface area contributed by atoms with E-state index < -0.39 is 0 Å². The van der Waals surface area contributed by atoms with Crippen LogP contribution in [0, 0.1) is 0 Å². The summed E-state index contributed by atoms with van der Waals surface area (Å²) in [4.78, 5) is 20.1. The molecule has 0 saturated carbocycles. The molecule has 1 aromatic heterocycles. The molecule has 21 heavy (non-hydrogen) atoms. The van der Waals surface area contributed by atoms with E-state index in [0.29, 0.717) is 5.28 Å². The second kappa shape index (κ2) is 6.75. The van der Waals surface area contributed by atoms with Gasteiger partial charge in [0.15, 0.2) is 0 Å². The van der Waals surface area contributed by atoms with Crippen molar-refractivity contribution < 1.29 is 0 Å². The number of nitrogens with zero attached hydrogens (tertiary/aromatic N) is 6. The van der Waals surface area contributed by atoms with Crippen LogP contribution in [0.25, 0.3) is 0 Å². The first-order valence-electron chi connectivity index (χ1n) is 7.82. The van der Waals surface area contributed by atoms with Gasteiger partial charge in [0, 0.05) is 32.7 Å². The van der Waals surface area contributed by atoms with E-state index in [2.05, 4.69) is 36.7 Å². The maximum Gasteiger partial charge on any atom is 0.231 e. The van der Waals surface area contributed by atoms with Crippen molar-refractivity contribution in [3.63, 3.8) is 0 Å². The number of halogens is 1. The number of likely N-dealkylation sites (N-methyl/N-ethyl adjacent to an activating group) is 1. The van der Waals surface area contributed by atoms with E-state index in [1.807, 2.05) is 0 Å². The van der Waals surface area contributed by atoms with E-state index in [1.54, 1.807) is 0 Å². The third kappa shape index (κ3) is 3.74. The van der Waals surface area contributed by atoms with Crippen LogP contribution >= 0.6 is 11.6 Å². The minimum absolute atomic E-state index is 0.304. The topological polar surface area (TPSA) is 48.4 Å². The molecule has 7 heteroatoms. The summed E-state index contributed by atoms with van der Waals surface area (Å²) in [6.07, 6.45) is 4.82. The first-order chi connectivity index (χ1) is 10.2. The quantitative estimate of drug-likeness (QED) is 0.828. The summed E-state index contributed by atoms with van der Waals surface area (Å²) in [5, 5.41) is 0.304. The van der Waals surface area contributed by atoms with E-state index in [4.69, 9.17) is 11.6 Å². The third-order valence-corrected chi connectivity index (χ3v) is 4.39. The summed E-state index contributed by atoms with van der Waals surface area (Å²) in [6.45, 7) is 6.10. The first-order valence-corrected chi connectivity index (χ1v) is 8.20. The van der Waals surface area contributed by atoms with Crippen molar-refractivity contribution in [1.29, 1.82) is 0 Å². The molecule has 6 nitrogen and oxygen atoms in total. The largest absolute Gasteiger partial charge is 0.341 e. The van der Waals surface area contributed by atoms with Gasteiger partial charge >= 0.3 is 0 Å². The van der Waals surface area contributed by atoms with Gasteiger partial charge in [-0.25, -0.2) is 0 Å². The number of aromatic nitrogens is 3. The molecular weight excluding hydrogens is 288 g/mol. The zero-order valence-corrected chi connectivity index (χ0v) is 13.4. The molecule has 1 aromatic rings. The Kier molecular flexibility index (Phi) is 4.75. The molecule has 2 aliphatic rings. The first kappa shape index (κ1) is 14.8. The van der Waals surface area contributed by atoms with E-state index in [0.717, 1.165) is 57.6 Å². The van der Waals surface area contributed by atoms with Crippen LogP contribution in [0.1, 0.15) is 25.7 Å². The molecule has 0 aliphatic carbocycles. The molecule has 0 atom stereocenters. The van der Waals surface area contributed by atoms with Crippen LogP contribution in [0.2, 0.25) is 5.28 Å². The number of hydrogen-bond acceptors (Lipinski definition) is 6. The zero-order valence-electron chi connectivity index (χ0n) is 12.6. The van der Waals surface area contributed by atoms with Crippen molar-refractivity contribution in [1.82, 2.24) is 19.9 Å². The monoisotopic (exact) mass is 310 g/mol. The minimum Gasteiger partial charge on any atom is -0.341 e. The molecule has 0 radical (unpaired) electrons. The number of piperidine rings is 1. The molecular formula is C14H23ClN6. The number of hydrogen-bond donors (Lipinski definition) is 0. The molecule has 2 saturated heterocycles. The van der Waals surface area contributed by atoms with Crippen LogP contribution in [-0.4, -0.2) is 66.2 Å². The predicted molar refractivity (Wildman–Crippen MR) is 85.2 cm³/mol. The highest BCUT2D eigenvalue weighted by atomic mass is 35.5. The van der Waals surface area contributed by atoms with Crippen LogP contribution < -0.4 is 9.80 Å². The van der Waals surface area contributed by atoms with Crippen LogP contribution in [-0.2, 0) is 0 Å². The Bertz CT molecular complexity index is 477. The van der Waals surface area contributed by atoms with Gasteiger partial charge in [-0.1, -0.05) is 0 Å². The van der Waals surface area contributed by atoms with Crippen molar-refractivity contribution in [2.75, 3.05) is 56.1 Å². The lowest BCUT2D eigenvalue weighted by molar-refractivity contribution is 0.360. The van der Waals surface area contributed by atoms with Crippen LogP contribution in [0.15, 0.2) is 0 Å². The van der Waals surface area contributed by atoms with Gasteiger partial charge < -0.3 is 14.7 Å². The molecule has 0 N–H and O–H groups in total. The molecule has 3 rings (SSSR count). The van der Waals surface area contributed by atoms with Gasteiger partial charge in [0.1, 0.15) is 0 Å². The summed E-state index contributed by atoms with van der Waals surface area (Å²) in [7, 11) is 2.16. The Labute approximate surface area is 131 Å². The average Bonchev–Trinajstić information content (AvgIpc) is 2.72. The average molecular weight is 311 g/mol. The fraction of sp³-hybridized carbons (Fsp3) is 0.786. The van der Waals surface area contributed by atoms with E-state index in [-0.39, 0.29) is 0 Å². The Morgan fingerprint density at radius 1 is 0.714 bits per heavy atom. The molecule has 116 valence electrons. The molecule has 0 spiro atoms. The minimum atomic E-state index is 0.304. The zero-order chi connectivity index (χ0) is 14.7. The highest BCUT2D eigenvalue weighted by molar-refractivity contribution is 6.28. The van der Waals surface area contributed by atoms with Crippen molar-refractivity contribution in [2.45, 2.75) is 25.7 Å². The van der Waals surface area contributed by atoms with Gasteiger partial charge in [-0.3, -0.25) is 0 Å². The van der Waals surface area contributed by atoms with Crippen molar-refractivity contribution in [2.24, 2.45) is 0 Å². The molecule has 2 aliphatic heterocycles. The highest BCUT2D eigenvalue weighted by Crippen LogP contribution is 2.20. The maximum absolute atomic E-state index is 6.13. The van der Waals surface area contributed by atoms with Crippen LogP contribution in [0.5, 0.6) is 0 Å². The van der Waals surface area contributed by atoms with Crippen molar-refractivity contribution >= 4 is 23.5 Å². The summed E-state index contributed by atoms with van der Waals surface area (Å²) < 4.78 is 0. The second-order valence-corrected chi connectivity index (χ2v) is 6.23. The molecule has 0 amide bonds. The molecule has 3 heterocycles. The molecule has 2 fully saturated rings. The van der Waals surface area contributed by atoms with E-state index in [1.165, 1.54) is 19.3 Å². The van der Waals surface area contributed by atoms with Gasteiger partial charge in [0.25, 0.3) is 0 Å². The van der Waals surface area contributed by atoms with Crippen molar-refractivity contribution in [3.8, 4) is 0 Å². The summed E-state index contributed by atoms with van der Waals surface area (Å²) in [5.41, 5.74) is 0. The standard InChI is InChI=1S/C14H23ClN6/c1-19-6-5-9-21(11-10-19)14-17-12(15)16-13(18-14)20-7-3-2-4-8-20/h2-11H2,1H3. The lowest BCUT2D eigenvalue weighted by atomic mass is 10.1. The lowest BCUT2D eigenvalue weighted by Crippen LogP contribution is -2.33. The van der Waals surface area contributed by atoms with Crippen LogP contribution in [0.4, 0.5) is 11.9 Å². The van der Waals surface area contributed by atoms with Gasteiger partial charge in [-0.15, -0.1) is 0 Å². The molecule has 0 unspecified atom stereocenters. The third-order valence-electron chi connectivity index (χ3n) is 4.23. The summed E-state index contributed by atoms with van der Waals surface area (Å²) in [6, 6.07) is 0. The number of rotatable bonds is 2. The van der Waals surface area contributed by atoms with Gasteiger partial charge in [-0.2, -0.15) is 15.0 Å². The lowest BCUT2D eigenvalue weighted by Gasteiger charge is -2.28. The van der Waals surface area contributed by atoms with Gasteiger partial charge in [-0.05, 0) is 50.9 Å². The fourth-order valence-electron chi connectivity index (χ4n) is 2.95. The van der Waals surface area contributed by atoms with Crippen LogP contribution in [0.3, 0.4) is 0 Å². The Hall–Kier alpha value is -1.14. The highest BCUT2D eigenvalue weighted by Gasteiger charge is 2.20. The normalized spacial score (nSPS) is 21.4. The second-order valence-electron chi connectivity index (χ2n) is 5.90. The Morgan fingerprint density at radius 2 is 1.33 bits per heavy atom. The van der Waals surface area contributed by atoms with E-state index in [9.17, 15) is 0 Å². The molecule has 0 aromatic carbocycles. The van der Waals surface area contributed by atoms with E-state index >= 15 is 0 Å². The SMILES string of the molecule is CN1CCCN(c2nc(Cl)nc(N3CCCCC3)n2)CC1. The Balaban J connectivity index is 1.79. The summed E-state index contributed by atoms with van der Waals surface area (Å²) in [5.74, 6) is 1.47. The van der Waals surface area contributed by atoms with Crippen molar-refractivity contribution in [3.05, 3.63) is 5.28 Å². The summed E-state index contributed by atoms with van der Waals surface area (Å²) >= 11 is 6.13. The molecule has 0 bridgehead atoms. The number of anilines is 2.